The van der Waals surface area contributed by atoms with E-state index in [9.17, 15) is 9.59 Å². The average molecular weight is 283 g/mol. The normalized spacial score (nSPS) is 10.7. The minimum Gasteiger partial charge on any atom is -0.408 e. The Morgan fingerprint density at radius 1 is 1.19 bits per heavy atom. The molecule has 0 aliphatic heterocycles. The number of fused-ring (bicyclic) bond motifs is 1. The predicted octanol–water partition coefficient (Wildman–Crippen LogP) is 1.25. The molecule has 0 saturated heterocycles. The molecule has 0 saturated carbocycles. The number of rotatable bonds is 3. The third-order valence-electron chi connectivity index (χ3n) is 3.23. The molecule has 0 radical (unpaired) electrons. The van der Waals surface area contributed by atoms with Crippen LogP contribution in [0, 0.1) is 0 Å². The second-order valence-electron chi connectivity index (χ2n) is 4.60. The standard InChI is InChI=1S/C15H13N3O3/c16-17-14(19)11-5-3-4-10(8-11)9-18-12-6-1-2-7-13(12)21-15(18)20/h1-8H,9,16H2,(H,17,19). The summed E-state index contributed by atoms with van der Waals surface area (Å²) in [7, 11) is 0. The van der Waals surface area contributed by atoms with Gasteiger partial charge in [0.2, 0.25) is 0 Å². The first kappa shape index (κ1) is 13.1. The number of carbonyl (C=O) groups is 1. The summed E-state index contributed by atoms with van der Waals surface area (Å²) in [5.74, 6) is 4.32. The zero-order chi connectivity index (χ0) is 14.8. The van der Waals surface area contributed by atoms with Crippen molar-refractivity contribution in [3.63, 3.8) is 0 Å². The number of nitrogens with one attached hydrogen (secondary N) is 1. The first-order chi connectivity index (χ1) is 10.2. The Balaban J connectivity index is 2.01. The van der Waals surface area contributed by atoms with E-state index < -0.39 is 5.76 Å². The fraction of sp³-hybridized carbons (Fsp3) is 0.0667. The smallest absolute Gasteiger partial charge is 0.408 e. The maximum Gasteiger partial charge on any atom is 0.420 e. The summed E-state index contributed by atoms with van der Waals surface area (Å²) in [5, 5.41) is 0. The van der Waals surface area contributed by atoms with E-state index in [2.05, 4.69) is 5.43 Å². The van der Waals surface area contributed by atoms with Gasteiger partial charge in [0.15, 0.2) is 5.58 Å². The topological polar surface area (TPSA) is 90.3 Å². The van der Waals surface area contributed by atoms with Gasteiger partial charge < -0.3 is 4.42 Å². The lowest BCUT2D eigenvalue weighted by Gasteiger charge is -2.05. The van der Waals surface area contributed by atoms with Crippen LogP contribution in [-0.2, 0) is 6.54 Å². The van der Waals surface area contributed by atoms with E-state index in [1.807, 2.05) is 24.3 Å². The molecule has 21 heavy (non-hydrogen) atoms. The summed E-state index contributed by atoms with van der Waals surface area (Å²) in [5.41, 5.74) is 4.59. The van der Waals surface area contributed by atoms with Gasteiger partial charge in [0, 0.05) is 5.56 Å². The Morgan fingerprint density at radius 3 is 2.81 bits per heavy atom. The molecule has 106 valence electrons. The highest BCUT2D eigenvalue weighted by Crippen LogP contribution is 2.14. The summed E-state index contributed by atoms with van der Waals surface area (Å²) in [6.07, 6.45) is 0. The van der Waals surface area contributed by atoms with Crippen molar-refractivity contribution in [1.29, 1.82) is 0 Å². The zero-order valence-corrected chi connectivity index (χ0v) is 11.1. The fourth-order valence-corrected chi connectivity index (χ4v) is 2.24. The number of oxazole rings is 1. The monoisotopic (exact) mass is 283 g/mol. The zero-order valence-electron chi connectivity index (χ0n) is 11.1. The van der Waals surface area contributed by atoms with Crippen molar-refractivity contribution in [2.75, 3.05) is 0 Å². The van der Waals surface area contributed by atoms with Crippen molar-refractivity contribution < 1.29 is 9.21 Å². The van der Waals surface area contributed by atoms with E-state index in [1.165, 1.54) is 4.57 Å². The van der Waals surface area contributed by atoms with E-state index in [4.69, 9.17) is 10.3 Å². The fourth-order valence-electron chi connectivity index (χ4n) is 2.24. The second-order valence-corrected chi connectivity index (χ2v) is 4.60. The van der Waals surface area contributed by atoms with Crippen molar-refractivity contribution in [1.82, 2.24) is 9.99 Å². The molecular weight excluding hydrogens is 270 g/mol. The van der Waals surface area contributed by atoms with Crippen LogP contribution < -0.4 is 17.0 Å². The maximum atomic E-state index is 11.9. The van der Waals surface area contributed by atoms with Crippen molar-refractivity contribution in [3.05, 3.63) is 70.2 Å². The molecular formula is C15H13N3O3. The molecule has 0 unspecified atom stereocenters. The highest BCUT2D eigenvalue weighted by molar-refractivity contribution is 5.93. The largest absolute Gasteiger partial charge is 0.420 e. The molecule has 3 aromatic rings. The predicted molar refractivity (Wildman–Crippen MR) is 77.7 cm³/mol. The van der Waals surface area contributed by atoms with Crippen LogP contribution in [0.5, 0.6) is 0 Å². The van der Waals surface area contributed by atoms with Crippen molar-refractivity contribution in [3.8, 4) is 0 Å². The molecule has 0 spiro atoms. The molecule has 3 rings (SSSR count). The van der Waals surface area contributed by atoms with E-state index in [-0.39, 0.29) is 5.91 Å². The molecule has 6 nitrogen and oxygen atoms in total. The van der Waals surface area contributed by atoms with Crippen LogP contribution in [-0.4, -0.2) is 10.5 Å². The van der Waals surface area contributed by atoms with Gasteiger partial charge in [-0.05, 0) is 29.8 Å². The molecule has 3 N–H and O–H groups in total. The number of hydrogen-bond donors (Lipinski definition) is 2. The molecule has 0 aliphatic carbocycles. The van der Waals surface area contributed by atoms with Gasteiger partial charge in [-0.25, -0.2) is 10.6 Å². The summed E-state index contributed by atoms with van der Waals surface area (Å²) in [6, 6.07) is 14.1. The van der Waals surface area contributed by atoms with Gasteiger partial charge in [-0.15, -0.1) is 0 Å². The lowest BCUT2D eigenvalue weighted by Crippen LogP contribution is -2.30. The van der Waals surface area contributed by atoms with Crippen LogP contribution in [0.15, 0.2) is 57.7 Å². The maximum absolute atomic E-state index is 11.9. The molecule has 0 aliphatic rings. The minimum atomic E-state index is -0.426. The van der Waals surface area contributed by atoms with E-state index in [0.29, 0.717) is 17.7 Å². The Morgan fingerprint density at radius 2 is 2.00 bits per heavy atom. The van der Waals surface area contributed by atoms with E-state index in [1.54, 1.807) is 24.3 Å². The minimum absolute atomic E-state index is 0.321. The highest BCUT2D eigenvalue weighted by Gasteiger charge is 2.10. The van der Waals surface area contributed by atoms with Gasteiger partial charge in [-0.2, -0.15) is 0 Å². The lowest BCUT2D eigenvalue weighted by atomic mass is 10.1. The first-order valence-electron chi connectivity index (χ1n) is 6.37. The Hall–Kier alpha value is -2.86. The molecule has 0 atom stereocenters. The molecule has 1 aromatic heterocycles. The highest BCUT2D eigenvalue weighted by atomic mass is 16.4. The Kier molecular flexibility index (Phi) is 3.29. The molecule has 1 amide bonds. The number of aromatic nitrogens is 1. The van der Waals surface area contributed by atoms with Gasteiger partial charge in [0.05, 0.1) is 12.1 Å². The summed E-state index contributed by atoms with van der Waals surface area (Å²) < 4.78 is 6.70. The van der Waals surface area contributed by atoms with E-state index >= 15 is 0 Å². The SMILES string of the molecule is NNC(=O)c1cccc(Cn2c(=O)oc3ccccc32)c1. The average Bonchev–Trinajstić information content (AvgIpc) is 2.83. The van der Waals surface area contributed by atoms with Gasteiger partial charge in [-0.1, -0.05) is 24.3 Å². The van der Waals surface area contributed by atoms with Crippen molar-refractivity contribution in [2.45, 2.75) is 6.54 Å². The van der Waals surface area contributed by atoms with Gasteiger partial charge >= 0.3 is 5.76 Å². The summed E-state index contributed by atoms with van der Waals surface area (Å²) in [4.78, 5) is 23.4. The van der Waals surface area contributed by atoms with Crippen LogP contribution in [0.3, 0.4) is 0 Å². The number of para-hydroxylation sites is 2. The number of nitrogens with two attached hydrogens (primary N) is 1. The number of hydrazine groups is 1. The lowest BCUT2D eigenvalue weighted by molar-refractivity contribution is 0.0953. The Labute approximate surface area is 119 Å². The van der Waals surface area contributed by atoms with Crippen LogP contribution >= 0.6 is 0 Å². The number of benzene rings is 2. The molecule has 1 heterocycles. The number of hydrogen-bond acceptors (Lipinski definition) is 4. The summed E-state index contributed by atoms with van der Waals surface area (Å²) >= 11 is 0. The van der Waals surface area contributed by atoms with Gasteiger partial charge in [-0.3, -0.25) is 14.8 Å². The number of carbonyl (C=O) groups excluding carboxylic acids is 1. The summed E-state index contributed by atoms with van der Waals surface area (Å²) in [6.45, 7) is 0.321. The number of nitrogens with zero attached hydrogens (tertiary/aromatic N) is 1. The molecule has 0 bridgehead atoms. The first-order valence-corrected chi connectivity index (χ1v) is 6.37. The van der Waals surface area contributed by atoms with Crippen LogP contribution in [0.25, 0.3) is 11.1 Å². The van der Waals surface area contributed by atoms with Crippen LogP contribution in [0.1, 0.15) is 15.9 Å². The molecule has 6 heteroatoms. The number of nitrogen functional groups attached to an aromatic ring is 1. The quantitative estimate of drug-likeness (QED) is 0.430. The molecule has 0 fully saturated rings. The third-order valence-corrected chi connectivity index (χ3v) is 3.23. The Bertz CT molecular complexity index is 864. The number of amides is 1. The third kappa shape index (κ3) is 2.44. The second kappa shape index (κ2) is 5.26. The van der Waals surface area contributed by atoms with E-state index in [0.717, 1.165) is 11.1 Å². The van der Waals surface area contributed by atoms with Gasteiger partial charge in [0.1, 0.15) is 0 Å². The van der Waals surface area contributed by atoms with Crippen LogP contribution in [0.4, 0.5) is 0 Å². The van der Waals surface area contributed by atoms with Gasteiger partial charge in [0.25, 0.3) is 5.91 Å². The molecule has 2 aromatic carbocycles. The van der Waals surface area contributed by atoms with Crippen molar-refractivity contribution in [2.24, 2.45) is 5.84 Å². The van der Waals surface area contributed by atoms with Crippen molar-refractivity contribution >= 4 is 17.0 Å². The van der Waals surface area contributed by atoms with Crippen LogP contribution in [0.2, 0.25) is 0 Å².